The summed E-state index contributed by atoms with van der Waals surface area (Å²) in [5.41, 5.74) is 0.344. The van der Waals surface area contributed by atoms with E-state index in [9.17, 15) is 26.7 Å². The molecule has 11 nitrogen and oxygen atoms in total. The van der Waals surface area contributed by atoms with Crippen LogP contribution in [-0.2, 0) is 24.8 Å². The number of rotatable bonds is 8. The molecule has 0 radical (unpaired) electrons. The zero-order valence-electron chi connectivity index (χ0n) is 25.2. The van der Waals surface area contributed by atoms with Gasteiger partial charge in [0.15, 0.2) is 0 Å². The second kappa shape index (κ2) is 15.0. The van der Waals surface area contributed by atoms with Crippen molar-refractivity contribution in [1.82, 2.24) is 9.21 Å². The molecular weight excluding hydrogens is 618 g/mol. The van der Waals surface area contributed by atoms with Crippen LogP contribution in [0, 0.1) is 5.92 Å². The molecule has 2 aromatic carbocycles. The van der Waals surface area contributed by atoms with E-state index in [0.29, 0.717) is 30.2 Å². The van der Waals surface area contributed by atoms with Gasteiger partial charge >= 0.3 is 0 Å². The molecule has 4 atom stereocenters. The number of sulfonamides is 2. The van der Waals surface area contributed by atoms with E-state index < -0.39 is 38.1 Å². The van der Waals surface area contributed by atoms with Crippen LogP contribution in [0.1, 0.15) is 50.4 Å². The quantitative estimate of drug-likeness (QED) is 0.436. The van der Waals surface area contributed by atoms with E-state index in [1.807, 2.05) is 13.8 Å². The minimum absolute atomic E-state index is 0.0280. The number of nitrogens with one attached hydrogen (secondary N) is 1. The van der Waals surface area contributed by atoms with Crippen LogP contribution in [-0.4, -0.2) is 94.9 Å². The summed E-state index contributed by atoms with van der Waals surface area (Å²) in [7, 11) is -5.98. The number of carbonyl (C=O) groups is 1. The number of aliphatic hydroxyl groups is 1. The molecule has 0 aromatic heterocycles. The topological polar surface area (TPSA) is 143 Å². The molecule has 0 fully saturated rings. The zero-order chi connectivity index (χ0) is 31.9. The Hall–Kier alpha value is -2.42. The molecule has 1 aliphatic heterocycles. The number of ether oxygens (including phenoxy) is 2. The van der Waals surface area contributed by atoms with Crippen LogP contribution in [0.25, 0.3) is 0 Å². The fraction of sp³-hybridized carbons (Fsp3) is 0.552. The highest BCUT2D eigenvalue weighted by Gasteiger charge is 2.32. The molecule has 1 aliphatic rings. The molecule has 0 saturated heterocycles. The molecule has 1 amide bonds. The first-order chi connectivity index (χ1) is 20.1. The Morgan fingerprint density at radius 1 is 1.12 bits per heavy atom. The van der Waals surface area contributed by atoms with Gasteiger partial charge in [0.25, 0.3) is 5.91 Å². The zero-order valence-corrected chi connectivity index (χ0v) is 27.6. The van der Waals surface area contributed by atoms with E-state index in [1.54, 1.807) is 13.0 Å². The van der Waals surface area contributed by atoms with Gasteiger partial charge in [0.05, 0.1) is 41.6 Å². The van der Waals surface area contributed by atoms with E-state index in [4.69, 9.17) is 21.1 Å². The van der Waals surface area contributed by atoms with Crippen molar-refractivity contribution < 1.29 is 36.2 Å². The second-order valence-corrected chi connectivity index (χ2v) is 15.4. The van der Waals surface area contributed by atoms with Gasteiger partial charge in [0.1, 0.15) is 5.75 Å². The Bertz CT molecular complexity index is 1450. The molecule has 0 saturated carbocycles. The van der Waals surface area contributed by atoms with Crippen LogP contribution in [0.15, 0.2) is 47.4 Å². The molecule has 3 rings (SSSR count). The lowest BCUT2D eigenvalue weighted by atomic mass is 10.0. The highest BCUT2D eigenvalue weighted by Crippen LogP contribution is 2.29. The van der Waals surface area contributed by atoms with Gasteiger partial charge < -0.3 is 19.5 Å². The monoisotopic (exact) mass is 659 g/mol. The van der Waals surface area contributed by atoms with Crippen molar-refractivity contribution in [2.45, 2.75) is 63.2 Å². The maximum absolute atomic E-state index is 14.1. The number of carbonyl (C=O) groups excluding carboxylic acids is 1. The third-order valence-corrected chi connectivity index (χ3v) is 10.0. The average Bonchev–Trinajstić information content (AvgIpc) is 2.93. The lowest BCUT2D eigenvalue weighted by Gasteiger charge is -2.35. The van der Waals surface area contributed by atoms with Crippen molar-refractivity contribution in [2.24, 2.45) is 5.92 Å². The average molecular weight is 660 g/mol. The van der Waals surface area contributed by atoms with Crippen molar-refractivity contribution in [2.75, 3.05) is 44.3 Å². The molecule has 43 heavy (non-hydrogen) atoms. The number of aliphatic hydroxyl groups excluding tert-OH is 1. The summed E-state index contributed by atoms with van der Waals surface area (Å²) >= 11 is 5.95. The van der Waals surface area contributed by atoms with Crippen LogP contribution in [0.3, 0.4) is 0 Å². The maximum Gasteiger partial charge on any atom is 0.258 e. The Kier molecular flexibility index (Phi) is 12.3. The van der Waals surface area contributed by atoms with Crippen molar-refractivity contribution in [3.05, 3.63) is 53.1 Å². The normalized spacial score (nSPS) is 21.9. The van der Waals surface area contributed by atoms with Gasteiger partial charge in [0.2, 0.25) is 20.0 Å². The fourth-order valence-electron chi connectivity index (χ4n) is 4.80. The molecule has 240 valence electrons. The van der Waals surface area contributed by atoms with E-state index in [1.165, 1.54) is 52.7 Å². The van der Waals surface area contributed by atoms with Gasteiger partial charge in [-0.1, -0.05) is 18.5 Å². The summed E-state index contributed by atoms with van der Waals surface area (Å²) in [5, 5.41) is 10.5. The smallest absolute Gasteiger partial charge is 0.258 e. The van der Waals surface area contributed by atoms with Gasteiger partial charge in [-0.3, -0.25) is 9.52 Å². The van der Waals surface area contributed by atoms with Crippen LogP contribution in [0.2, 0.25) is 5.02 Å². The number of halogens is 1. The number of hydrogen-bond donors (Lipinski definition) is 2. The number of fused-ring (bicyclic) bond motifs is 1. The highest BCUT2D eigenvalue weighted by atomic mass is 35.5. The lowest BCUT2D eigenvalue weighted by molar-refractivity contribution is -0.00833. The Balaban J connectivity index is 1.98. The standard InChI is InChI=1S/C29H42ClN3O8S2/c1-20-17-33(21(2)19-34)29(35)26-16-24(31-42(5,36)37)11-14-27(26)41-22(3)8-6-7-15-40-28(20)18-32(4)43(38,39)25-12-9-23(30)10-13-25/h9-14,16,20-22,28,31,34H,6-8,15,17-19H2,1-5H3/t20-,21-,22-,28-/m0/s1. The summed E-state index contributed by atoms with van der Waals surface area (Å²) in [6, 6.07) is 9.84. The molecule has 0 aliphatic carbocycles. The number of anilines is 1. The predicted molar refractivity (Wildman–Crippen MR) is 167 cm³/mol. The molecule has 1 heterocycles. The van der Waals surface area contributed by atoms with Gasteiger partial charge in [-0.05, 0) is 75.6 Å². The van der Waals surface area contributed by atoms with Gasteiger partial charge in [-0.2, -0.15) is 4.31 Å². The first-order valence-electron chi connectivity index (χ1n) is 14.2. The summed E-state index contributed by atoms with van der Waals surface area (Å²) in [4.78, 5) is 15.7. The van der Waals surface area contributed by atoms with Gasteiger partial charge in [0, 0.05) is 43.4 Å². The summed E-state index contributed by atoms with van der Waals surface area (Å²) < 4.78 is 66.5. The van der Waals surface area contributed by atoms with Crippen LogP contribution >= 0.6 is 11.6 Å². The third kappa shape index (κ3) is 9.79. The van der Waals surface area contributed by atoms with Crippen LogP contribution in [0.4, 0.5) is 5.69 Å². The molecule has 0 unspecified atom stereocenters. The Morgan fingerprint density at radius 3 is 2.42 bits per heavy atom. The number of likely N-dealkylation sites (N-methyl/N-ethyl adjacent to an activating group) is 1. The minimum Gasteiger partial charge on any atom is -0.490 e. The van der Waals surface area contributed by atoms with Gasteiger partial charge in [-0.25, -0.2) is 16.8 Å². The maximum atomic E-state index is 14.1. The van der Waals surface area contributed by atoms with Crippen LogP contribution in [0.5, 0.6) is 5.75 Å². The molecule has 0 spiro atoms. The van der Waals surface area contributed by atoms with E-state index in [0.717, 1.165) is 12.7 Å². The largest absolute Gasteiger partial charge is 0.490 e. The lowest BCUT2D eigenvalue weighted by Crippen LogP contribution is -2.48. The highest BCUT2D eigenvalue weighted by molar-refractivity contribution is 7.92. The van der Waals surface area contributed by atoms with E-state index in [2.05, 4.69) is 4.72 Å². The molecule has 0 bridgehead atoms. The fourth-order valence-corrected chi connectivity index (χ4v) is 6.66. The van der Waals surface area contributed by atoms with Crippen molar-refractivity contribution >= 4 is 43.2 Å². The van der Waals surface area contributed by atoms with E-state index in [-0.39, 0.29) is 47.9 Å². The summed E-state index contributed by atoms with van der Waals surface area (Å²) in [5.74, 6) is -0.520. The first-order valence-corrected chi connectivity index (χ1v) is 17.9. The molecule has 2 aromatic rings. The number of amides is 1. The summed E-state index contributed by atoms with van der Waals surface area (Å²) in [6.45, 7) is 5.66. The first kappa shape index (κ1) is 35.1. The van der Waals surface area contributed by atoms with E-state index >= 15 is 0 Å². The predicted octanol–water partition coefficient (Wildman–Crippen LogP) is 3.83. The summed E-state index contributed by atoms with van der Waals surface area (Å²) in [6.07, 6.45) is 2.34. The second-order valence-electron chi connectivity index (χ2n) is 11.1. The number of hydrogen-bond acceptors (Lipinski definition) is 8. The minimum atomic E-state index is -3.85. The molecule has 14 heteroatoms. The molecule has 2 N–H and O–H groups in total. The Morgan fingerprint density at radius 2 is 1.79 bits per heavy atom. The van der Waals surface area contributed by atoms with Crippen molar-refractivity contribution in [3.63, 3.8) is 0 Å². The van der Waals surface area contributed by atoms with Crippen molar-refractivity contribution in [3.8, 4) is 5.75 Å². The molecular formula is C29H42ClN3O8S2. The third-order valence-electron chi connectivity index (χ3n) is 7.31. The van der Waals surface area contributed by atoms with Crippen LogP contribution < -0.4 is 9.46 Å². The Labute approximate surface area is 260 Å². The van der Waals surface area contributed by atoms with Gasteiger partial charge in [-0.15, -0.1) is 0 Å². The number of nitrogens with zero attached hydrogens (tertiary/aromatic N) is 2. The number of benzene rings is 2. The SMILES string of the molecule is C[C@H]1CCCCO[C@@H](CN(C)S(=O)(=O)c2ccc(Cl)cc2)[C@@H](C)CN([C@@H](C)CO)C(=O)c2cc(NS(C)(=O)=O)ccc2O1. The van der Waals surface area contributed by atoms with Crippen molar-refractivity contribution in [1.29, 1.82) is 0 Å².